The zero-order chi connectivity index (χ0) is 11.5. The summed E-state index contributed by atoms with van der Waals surface area (Å²) in [6.45, 7) is 5.44. The molecule has 4 nitrogen and oxygen atoms in total. The van der Waals surface area contributed by atoms with Crippen molar-refractivity contribution in [2.45, 2.75) is 13.8 Å². The summed E-state index contributed by atoms with van der Waals surface area (Å²) in [5, 5.41) is 5.81. The average Bonchev–Trinajstić information content (AvgIpc) is 2.78. The van der Waals surface area contributed by atoms with Gasteiger partial charge < -0.3 is 10.6 Å². The van der Waals surface area contributed by atoms with E-state index in [-0.39, 0.29) is 5.91 Å². The van der Waals surface area contributed by atoms with Gasteiger partial charge in [0.05, 0.1) is 6.54 Å². The zero-order valence-corrected chi connectivity index (χ0v) is 9.50. The van der Waals surface area contributed by atoms with Crippen molar-refractivity contribution < 1.29 is 4.79 Å². The topological polar surface area (TPSA) is 53.5 Å². The number of carbonyl (C=O) groups is 1. The molecule has 1 aliphatic rings. The van der Waals surface area contributed by atoms with E-state index in [1.54, 1.807) is 0 Å². The Morgan fingerprint density at radius 2 is 2.25 bits per heavy atom. The molecule has 2 rings (SSSR count). The molecule has 0 atom stereocenters. The van der Waals surface area contributed by atoms with E-state index in [9.17, 15) is 4.79 Å². The quantitative estimate of drug-likeness (QED) is 0.783. The molecule has 0 bridgehead atoms. The minimum Gasteiger partial charge on any atom is -0.364 e. The fraction of sp³-hybridized carbons (Fsp3) is 0.333. The first kappa shape index (κ1) is 10.7. The SMILES string of the molecule is Cc1cccc(NC(=O)C2=NCCN2)c1C. The number of hydrogen-bond acceptors (Lipinski definition) is 3. The van der Waals surface area contributed by atoms with Crippen LogP contribution in [-0.2, 0) is 4.79 Å². The van der Waals surface area contributed by atoms with Crippen molar-refractivity contribution in [3.63, 3.8) is 0 Å². The highest BCUT2D eigenvalue weighted by atomic mass is 16.2. The van der Waals surface area contributed by atoms with Crippen LogP contribution in [0, 0.1) is 13.8 Å². The Morgan fingerprint density at radius 3 is 2.94 bits per heavy atom. The Labute approximate surface area is 94.8 Å². The van der Waals surface area contributed by atoms with Crippen LogP contribution >= 0.6 is 0 Å². The van der Waals surface area contributed by atoms with E-state index in [0.717, 1.165) is 17.8 Å². The standard InChI is InChI=1S/C12H15N3O/c1-8-4-3-5-10(9(8)2)15-12(16)11-13-6-7-14-11/h3-5H,6-7H2,1-2H3,(H,13,14)(H,15,16). The fourth-order valence-electron chi connectivity index (χ4n) is 1.62. The molecule has 0 saturated heterocycles. The second-order valence-electron chi connectivity index (χ2n) is 3.86. The Morgan fingerprint density at radius 1 is 1.44 bits per heavy atom. The number of amides is 1. The number of carbonyl (C=O) groups excluding carboxylic acids is 1. The van der Waals surface area contributed by atoms with Crippen LogP contribution in [0.4, 0.5) is 5.69 Å². The molecule has 1 aromatic carbocycles. The van der Waals surface area contributed by atoms with Gasteiger partial charge in [0.15, 0.2) is 5.84 Å². The second-order valence-corrected chi connectivity index (χ2v) is 3.86. The van der Waals surface area contributed by atoms with Gasteiger partial charge in [-0.3, -0.25) is 9.79 Å². The molecule has 0 aliphatic carbocycles. The molecule has 0 unspecified atom stereocenters. The molecule has 1 aliphatic heterocycles. The first-order chi connectivity index (χ1) is 7.68. The van der Waals surface area contributed by atoms with Crippen LogP contribution < -0.4 is 10.6 Å². The van der Waals surface area contributed by atoms with Crippen LogP contribution in [0.15, 0.2) is 23.2 Å². The number of benzene rings is 1. The van der Waals surface area contributed by atoms with E-state index in [2.05, 4.69) is 15.6 Å². The lowest BCUT2D eigenvalue weighted by atomic mass is 10.1. The number of aryl methyl sites for hydroxylation is 1. The van der Waals surface area contributed by atoms with Crippen molar-refractivity contribution in [1.82, 2.24) is 5.32 Å². The average molecular weight is 217 g/mol. The highest BCUT2D eigenvalue weighted by Gasteiger charge is 2.15. The molecule has 0 spiro atoms. The fourth-order valence-corrected chi connectivity index (χ4v) is 1.62. The number of rotatable bonds is 2. The first-order valence-electron chi connectivity index (χ1n) is 5.34. The molecule has 1 amide bonds. The van der Waals surface area contributed by atoms with Gasteiger partial charge in [-0.2, -0.15) is 0 Å². The van der Waals surface area contributed by atoms with Crippen LogP contribution in [0.3, 0.4) is 0 Å². The first-order valence-corrected chi connectivity index (χ1v) is 5.34. The van der Waals surface area contributed by atoms with Crippen LogP contribution in [0.2, 0.25) is 0 Å². The summed E-state index contributed by atoms with van der Waals surface area (Å²) in [6.07, 6.45) is 0. The number of hydrogen-bond donors (Lipinski definition) is 2. The van der Waals surface area contributed by atoms with Crippen molar-refractivity contribution in [3.05, 3.63) is 29.3 Å². The Balaban J connectivity index is 2.14. The molecule has 4 heteroatoms. The van der Waals surface area contributed by atoms with Gasteiger partial charge in [0, 0.05) is 12.2 Å². The second kappa shape index (κ2) is 4.35. The third-order valence-electron chi connectivity index (χ3n) is 2.74. The van der Waals surface area contributed by atoms with Crippen LogP contribution in [-0.4, -0.2) is 24.8 Å². The normalized spacial score (nSPS) is 14.2. The number of amidine groups is 1. The van der Waals surface area contributed by atoms with Crippen molar-refractivity contribution in [2.24, 2.45) is 4.99 Å². The number of aliphatic imine (C=N–C) groups is 1. The summed E-state index contributed by atoms with van der Waals surface area (Å²) in [5.41, 5.74) is 3.11. The van der Waals surface area contributed by atoms with Crippen molar-refractivity contribution in [2.75, 3.05) is 18.4 Å². The Kier molecular flexibility index (Phi) is 2.90. The van der Waals surface area contributed by atoms with E-state index < -0.39 is 0 Å². The van der Waals surface area contributed by atoms with Gasteiger partial charge in [-0.1, -0.05) is 12.1 Å². The van der Waals surface area contributed by atoms with Gasteiger partial charge in [-0.05, 0) is 31.0 Å². The van der Waals surface area contributed by atoms with Gasteiger partial charge >= 0.3 is 0 Å². The van der Waals surface area contributed by atoms with E-state index >= 15 is 0 Å². The molecule has 0 saturated carbocycles. The predicted octanol–water partition coefficient (Wildman–Crippen LogP) is 1.24. The highest BCUT2D eigenvalue weighted by molar-refractivity contribution is 6.42. The summed E-state index contributed by atoms with van der Waals surface area (Å²) < 4.78 is 0. The van der Waals surface area contributed by atoms with Crippen molar-refractivity contribution >= 4 is 17.4 Å². The lowest BCUT2D eigenvalue weighted by Gasteiger charge is -2.10. The van der Waals surface area contributed by atoms with Gasteiger partial charge in [0.25, 0.3) is 5.91 Å². The molecule has 0 aromatic heterocycles. The summed E-state index contributed by atoms with van der Waals surface area (Å²) in [7, 11) is 0. The largest absolute Gasteiger partial charge is 0.364 e. The zero-order valence-electron chi connectivity index (χ0n) is 9.50. The van der Waals surface area contributed by atoms with E-state index in [1.807, 2.05) is 32.0 Å². The highest BCUT2D eigenvalue weighted by Crippen LogP contribution is 2.17. The molecule has 2 N–H and O–H groups in total. The summed E-state index contributed by atoms with van der Waals surface area (Å²) in [4.78, 5) is 15.9. The molecule has 0 radical (unpaired) electrons. The van der Waals surface area contributed by atoms with Gasteiger partial charge in [-0.25, -0.2) is 0 Å². The van der Waals surface area contributed by atoms with Crippen LogP contribution in [0.25, 0.3) is 0 Å². The van der Waals surface area contributed by atoms with Gasteiger partial charge in [-0.15, -0.1) is 0 Å². The lowest BCUT2D eigenvalue weighted by Crippen LogP contribution is -2.32. The summed E-state index contributed by atoms with van der Waals surface area (Å²) >= 11 is 0. The lowest BCUT2D eigenvalue weighted by molar-refractivity contribution is -0.110. The minimum absolute atomic E-state index is 0.161. The molecule has 84 valence electrons. The Bertz CT molecular complexity index is 452. The maximum absolute atomic E-state index is 11.8. The summed E-state index contributed by atoms with van der Waals surface area (Å²) in [5.74, 6) is 0.270. The monoisotopic (exact) mass is 217 g/mol. The minimum atomic E-state index is -0.161. The van der Waals surface area contributed by atoms with Crippen molar-refractivity contribution in [3.8, 4) is 0 Å². The van der Waals surface area contributed by atoms with E-state index in [4.69, 9.17) is 0 Å². The van der Waals surface area contributed by atoms with E-state index in [0.29, 0.717) is 12.4 Å². The predicted molar refractivity (Wildman–Crippen MR) is 64.9 cm³/mol. The maximum atomic E-state index is 11.8. The maximum Gasteiger partial charge on any atom is 0.290 e. The van der Waals surface area contributed by atoms with Crippen LogP contribution in [0.5, 0.6) is 0 Å². The summed E-state index contributed by atoms with van der Waals surface area (Å²) in [6, 6.07) is 5.86. The third-order valence-corrected chi connectivity index (χ3v) is 2.74. The molecular weight excluding hydrogens is 202 g/mol. The molecule has 16 heavy (non-hydrogen) atoms. The molecule has 1 aromatic rings. The number of nitrogens with one attached hydrogen (secondary N) is 2. The molecule has 0 fully saturated rings. The van der Waals surface area contributed by atoms with Gasteiger partial charge in [0.2, 0.25) is 0 Å². The van der Waals surface area contributed by atoms with Crippen molar-refractivity contribution in [1.29, 1.82) is 0 Å². The number of nitrogens with zero attached hydrogens (tertiary/aromatic N) is 1. The smallest absolute Gasteiger partial charge is 0.290 e. The molecular formula is C12H15N3O. The third kappa shape index (κ3) is 2.05. The number of anilines is 1. The Hall–Kier alpha value is -1.84. The van der Waals surface area contributed by atoms with Crippen LogP contribution in [0.1, 0.15) is 11.1 Å². The van der Waals surface area contributed by atoms with E-state index in [1.165, 1.54) is 5.56 Å². The van der Waals surface area contributed by atoms with Gasteiger partial charge in [0.1, 0.15) is 0 Å². The molecule has 1 heterocycles.